The van der Waals surface area contributed by atoms with E-state index in [0.29, 0.717) is 0 Å². The quantitative estimate of drug-likeness (QED) is 0.200. The molecule has 0 heterocycles. The average molecular weight is 281 g/mol. The SMILES string of the molecule is CCCCCC=CCCCCCCCCCCCCC. The van der Waals surface area contributed by atoms with Crippen molar-refractivity contribution in [3.05, 3.63) is 12.2 Å². The second kappa shape index (κ2) is 18.7. The summed E-state index contributed by atoms with van der Waals surface area (Å²) in [5, 5.41) is 0. The zero-order chi connectivity index (χ0) is 14.7. The molecule has 0 fully saturated rings. The highest BCUT2D eigenvalue weighted by Gasteiger charge is 1.92. The van der Waals surface area contributed by atoms with Gasteiger partial charge >= 0.3 is 0 Å². The van der Waals surface area contributed by atoms with Gasteiger partial charge in [-0.05, 0) is 25.7 Å². The van der Waals surface area contributed by atoms with E-state index in [2.05, 4.69) is 26.0 Å². The number of unbranched alkanes of at least 4 members (excludes halogenated alkanes) is 14. The van der Waals surface area contributed by atoms with E-state index < -0.39 is 0 Å². The largest absolute Gasteiger partial charge is 0.0885 e. The maximum Gasteiger partial charge on any atom is -0.0351 e. The van der Waals surface area contributed by atoms with E-state index in [4.69, 9.17) is 0 Å². The van der Waals surface area contributed by atoms with E-state index in [-0.39, 0.29) is 0 Å². The van der Waals surface area contributed by atoms with Gasteiger partial charge in [-0.1, -0.05) is 103 Å². The van der Waals surface area contributed by atoms with Gasteiger partial charge < -0.3 is 0 Å². The lowest BCUT2D eigenvalue weighted by atomic mass is 10.1. The summed E-state index contributed by atoms with van der Waals surface area (Å²) in [4.78, 5) is 0. The van der Waals surface area contributed by atoms with Gasteiger partial charge in [-0.3, -0.25) is 0 Å². The molecule has 0 aromatic rings. The maximum atomic E-state index is 2.41. The Morgan fingerprint density at radius 3 is 1.15 bits per heavy atom. The van der Waals surface area contributed by atoms with Gasteiger partial charge in [0.25, 0.3) is 0 Å². The molecule has 0 saturated heterocycles. The number of hydrogen-bond donors (Lipinski definition) is 0. The molecule has 0 spiro atoms. The van der Waals surface area contributed by atoms with E-state index in [1.165, 1.54) is 103 Å². The second-order valence-electron chi connectivity index (χ2n) is 6.29. The van der Waals surface area contributed by atoms with Gasteiger partial charge in [0.15, 0.2) is 0 Å². The van der Waals surface area contributed by atoms with Crippen LogP contribution in [-0.4, -0.2) is 0 Å². The van der Waals surface area contributed by atoms with Crippen molar-refractivity contribution in [1.82, 2.24) is 0 Å². The number of hydrogen-bond acceptors (Lipinski definition) is 0. The van der Waals surface area contributed by atoms with Gasteiger partial charge in [-0.15, -0.1) is 0 Å². The van der Waals surface area contributed by atoms with Crippen LogP contribution in [0.3, 0.4) is 0 Å². The Kier molecular flexibility index (Phi) is 18.5. The van der Waals surface area contributed by atoms with Crippen LogP contribution in [0.15, 0.2) is 12.2 Å². The first-order valence-electron chi connectivity index (χ1n) is 9.56. The van der Waals surface area contributed by atoms with Gasteiger partial charge in [0.1, 0.15) is 0 Å². The van der Waals surface area contributed by atoms with Crippen LogP contribution in [0.25, 0.3) is 0 Å². The molecule has 0 bridgehead atoms. The van der Waals surface area contributed by atoms with Crippen LogP contribution >= 0.6 is 0 Å². The predicted octanol–water partition coefficient (Wildman–Crippen LogP) is 7.82. The molecular formula is C20H40. The Morgan fingerprint density at radius 2 is 0.700 bits per heavy atom. The lowest BCUT2D eigenvalue weighted by Gasteiger charge is -2.01. The van der Waals surface area contributed by atoms with Crippen LogP contribution in [0.2, 0.25) is 0 Å². The fourth-order valence-corrected chi connectivity index (χ4v) is 2.67. The van der Waals surface area contributed by atoms with E-state index in [9.17, 15) is 0 Å². The van der Waals surface area contributed by atoms with E-state index >= 15 is 0 Å². The Labute approximate surface area is 129 Å². The zero-order valence-corrected chi connectivity index (χ0v) is 14.5. The van der Waals surface area contributed by atoms with Gasteiger partial charge in [-0.25, -0.2) is 0 Å². The Hall–Kier alpha value is -0.260. The maximum absolute atomic E-state index is 2.41. The molecule has 0 radical (unpaired) electrons. The van der Waals surface area contributed by atoms with E-state index in [1.54, 1.807) is 0 Å². The summed E-state index contributed by atoms with van der Waals surface area (Å²) in [5.74, 6) is 0. The van der Waals surface area contributed by atoms with Crippen LogP contribution in [0.1, 0.15) is 117 Å². The van der Waals surface area contributed by atoms with Crippen molar-refractivity contribution in [2.24, 2.45) is 0 Å². The summed E-state index contributed by atoms with van der Waals surface area (Å²) in [6.07, 6.45) is 27.4. The van der Waals surface area contributed by atoms with Crippen LogP contribution < -0.4 is 0 Å². The predicted molar refractivity (Wildman–Crippen MR) is 94.4 cm³/mol. The first-order chi connectivity index (χ1) is 9.91. The molecule has 120 valence electrons. The molecule has 0 aliphatic rings. The fourth-order valence-electron chi connectivity index (χ4n) is 2.67. The normalized spacial score (nSPS) is 11.5. The monoisotopic (exact) mass is 280 g/mol. The number of rotatable bonds is 16. The van der Waals surface area contributed by atoms with Crippen LogP contribution in [-0.2, 0) is 0 Å². The molecule has 0 aromatic heterocycles. The Balaban J connectivity index is 2.99. The first kappa shape index (κ1) is 19.7. The minimum absolute atomic E-state index is 1.30. The molecule has 0 unspecified atom stereocenters. The molecule has 0 amide bonds. The number of allylic oxidation sites excluding steroid dienone is 2. The summed E-state index contributed by atoms with van der Waals surface area (Å²) in [6.45, 7) is 4.56. The lowest BCUT2D eigenvalue weighted by Crippen LogP contribution is -1.82. The third kappa shape index (κ3) is 17.7. The molecular weight excluding hydrogens is 240 g/mol. The fraction of sp³-hybridized carbons (Fsp3) is 0.900. The molecule has 0 atom stereocenters. The standard InChI is InChI=1S/C20H40/c1-3-5-7-9-11-13-15-17-19-20-18-16-14-12-10-8-6-4-2/h11,13H,3-10,12,14-20H2,1-2H3. The molecule has 0 aliphatic heterocycles. The Morgan fingerprint density at radius 1 is 0.400 bits per heavy atom. The average Bonchev–Trinajstić information content (AvgIpc) is 2.47. The van der Waals surface area contributed by atoms with Crippen molar-refractivity contribution in [3.63, 3.8) is 0 Å². The van der Waals surface area contributed by atoms with Gasteiger partial charge in [-0.2, -0.15) is 0 Å². The molecule has 0 rings (SSSR count). The third-order valence-electron chi connectivity index (χ3n) is 4.12. The van der Waals surface area contributed by atoms with Crippen molar-refractivity contribution in [2.75, 3.05) is 0 Å². The van der Waals surface area contributed by atoms with E-state index in [1.807, 2.05) is 0 Å². The van der Waals surface area contributed by atoms with Crippen LogP contribution in [0, 0.1) is 0 Å². The summed E-state index contributed by atoms with van der Waals surface area (Å²) < 4.78 is 0. The highest BCUT2D eigenvalue weighted by molar-refractivity contribution is 4.81. The molecule has 0 N–H and O–H groups in total. The van der Waals surface area contributed by atoms with Crippen molar-refractivity contribution in [2.45, 2.75) is 117 Å². The van der Waals surface area contributed by atoms with Gasteiger partial charge in [0, 0.05) is 0 Å². The summed E-state index contributed by atoms with van der Waals surface area (Å²) in [5.41, 5.74) is 0. The molecule has 0 heteroatoms. The van der Waals surface area contributed by atoms with Crippen molar-refractivity contribution >= 4 is 0 Å². The highest BCUT2D eigenvalue weighted by atomic mass is 14.0. The first-order valence-corrected chi connectivity index (χ1v) is 9.56. The molecule has 0 nitrogen and oxygen atoms in total. The molecule has 0 saturated carbocycles. The van der Waals surface area contributed by atoms with Crippen molar-refractivity contribution < 1.29 is 0 Å². The molecule has 20 heavy (non-hydrogen) atoms. The third-order valence-corrected chi connectivity index (χ3v) is 4.12. The topological polar surface area (TPSA) is 0 Å². The second-order valence-corrected chi connectivity index (χ2v) is 6.29. The summed E-state index contributed by atoms with van der Waals surface area (Å²) in [7, 11) is 0. The van der Waals surface area contributed by atoms with Crippen LogP contribution in [0.5, 0.6) is 0 Å². The molecule has 0 aliphatic carbocycles. The minimum atomic E-state index is 1.30. The van der Waals surface area contributed by atoms with Crippen molar-refractivity contribution in [1.29, 1.82) is 0 Å². The molecule has 0 aromatic carbocycles. The smallest absolute Gasteiger partial charge is 0.0351 e. The highest BCUT2D eigenvalue weighted by Crippen LogP contribution is 2.12. The van der Waals surface area contributed by atoms with Gasteiger partial charge in [0.2, 0.25) is 0 Å². The Bertz CT molecular complexity index is 180. The zero-order valence-electron chi connectivity index (χ0n) is 14.5. The van der Waals surface area contributed by atoms with Gasteiger partial charge in [0.05, 0.1) is 0 Å². The lowest BCUT2D eigenvalue weighted by molar-refractivity contribution is 0.550. The summed E-state index contributed by atoms with van der Waals surface area (Å²) >= 11 is 0. The minimum Gasteiger partial charge on any atom is -0.0885 e. The van der Waals surface area contributed by atoms with E-state index in [0.717, 1.165) is 0 Å². The summed E-state index contributed by atoms with van der Waals surface area (Å²) in [6, 6.07) is 0. The van der Waals surface area contributed by atoms with Crippen LogP contribution in [0.4, 0.5) is 0 Å². The van der Waals surface area contributed by atoms with Crippen molar-refractivity contribution in [3.8, 4) is 0 Å².